The molecule has 3 rings (SSSR count). The van der Waals surface area contributed by atoms with E-state index in [-0.39, 0.29) is 5.91 Å². The number of aryl methyl sites for hydroxylation is 1. The lowest BCUT2D eigenvalue weighted by molar-refractivity contribution is -0.118. The zero-order valence-corrected chi connectivity index (χ0v) is 14.7. The summed E-state index contributed by atoms with van der Waals surface area (Å²) in [5.41, 5.74) is 2.13. The van der Waals surface area contributed by atoms with Crippen LogP contribution in [-0.2, 0) is 10.2 Å². The number of carbonyl (C=O) groups is 1. The molecule has 1 N–H and O–H groups in total. The van der Waals surface area contributed by atoms with E-state index in [1.165, 1.54) is 0 Å². The van der Waals surface area contributed by atoms with Gasteiger partial charge in [-0.15, -0.1) is 0 Å². The number of benzene rings is 2. The standard InChI is InChI=1S/C19H20ClNO3/c1-12-9-16(23-2)17(24-3)11-15(12)21-18(22)19(7-8-19)13-5-4-6-14(20)10-13/h4-6,9-11H,7-8H2,1-3H3,(H,21,22). The Balaban J connectivity index is 1.88. The summed E-state index contributed by atoms with van der Waals surface area (Å²) in [6.07, 6.45) is 1.65. The molecule has 0 unspecified atom stereocenters. The summed E-state index contributed by atoms with van der Waals surface area (Å²) in [5, 5.41) is 3.69. The zero-order chi connectivity index (χ0) is 17.3. The van der Waals surface area contributed by atoms with E-state index in [4.69, 9.17) is 21.1 Å². The molecule has 1 saturated carbocycles. The third-order valence-electron chi connectivity index (χ3n) is 4.54. The number of halogens is 1. The fourth-order valence-electron chi connectivity index (χ4n) is 2.92. The van der Waals surface area contributed by atoms with Crippen LogP contribution in [0.1, 0.15) is 24.0 Å². The first-order valence-electron chi connectivity index (χ1n) is 7.80. The Labute approximate surface area is 146 Å². The molecule has 1 aliphatic rings. The lowest BCUT2D eigenvalue weighted by atomic mass is 9.94. The minimum absolute atomic E-state index is 0.0138. The Kier molecular flexibility index (Phi) is 4.41. The quantitative estimate of drug-likeness (QED) is 0.877. The molecule has 1 amide bonds. The largest absolute Gasteiger partial charge is 0.493 e. The molecule has 0 spiro atoms. The first kappa shape index (κ1) is 16.7. The molecular weight excluding hydrogens is 326 g/mol. The molecule has 1 fully saturated rings. The molecule has 24 heavy (non-hydrogen) atoms. The highest BCUT2D eigenvalue weighted by molar-refractivity contribution is 6.30. The van der Waals surface area contributed by atoms with Gasteiger partial charge in [0, 0.05) is 16.8 Å². The summed E-state index contributed by atoms with van der Waals surface area (Å²) in [4.78, 5) is 12.9. The fourth-order valence-corrected chi connectivity index (χ4v) is 3.11. The van der Waals surface area contributed by atoms with Crippen molar-refractivity contribution in [3.05, 3.63) is 52.5 Å². The molecule has 5 heteroatoms. The topological polar surface area (TPSA) is 47.6 Å². The molecule has 126 valence electrons. The first-order valence-corrected chi connectivity index (χ1v) is 8.18. The molecule has 0 saturated heterocycles. The number of hydrogen-bond acceptors (Lipinski definition) is 3. The summed E-state index contributed by atoms with van der Waals surface area (Å²) in [7, 11) is 3.17. The normalized spacial score (nSPS) is 14.8. The molecule has 0 heterocycles. The summed E-state index contributed by atoms with van der Waals surface area (Å²) in [5.74, 6) is 1.22. The molecule has 0 radical (unpaired) electrons. The molecule has 0 atom stereocenters. The second kappa shape index (κ2) is 6.36. The van der Waals surface area contributed by atoms with Gasteiger partial charge in [0.15, 0.2) is 11.5 Å². The molecule has 4 nitrogen and oxygen atoms in total. The maximum atomic E-state index is 12.9. The van der Waals surface area contributed by atoms with Crippen LogP contribution in [0.4, 0.5) is 5.69 Å². The lowest BCUT2D eigenvalue weighted by Crippen LogP contribution is -2.28. The monoisotopic (exact) mass is 345 g/mol. The Morgan fingerprint density at radius 3 is 2.38 bits per heavy atom. The summed E-state index contributed by atoms with van der Waals surface area (Å²) >= 11 is 6.08. The van der Waals surface area contributed by atoms with E-state index in [0.717, 1.165) is 29.7 Å². The summed E-state index contributed by atoms with van der Waals surface area (Å²) in [6, 6.07) is 11.2. The molecule has 0 aromatic heterocycles. The number of nitrogens with one attached hydrogen (secondary N) is 1. The van der Waals surface area contributed by atoms with Crippen molar-refractivity contribution in [1.29, 1.82) is 0 Å². The first-order chi connectivity index (χ1) is 11.5. The van der Waals surface area contributed by atoms with Crippen LogP contribution >= 0.6 is 11.6 Å². The van der Waals surface area contributed by atoms with Crippen molar-refractivity contribution in [2.75, 3.05) is 19.5 Å². The van der Waals surface area contributed by atoms with Gasteiger partial charge in [0.25, 0.3) is 0 Å². The van der Waals surface area contributed by atoms with Crippen LogP contribution in [0.2, 0.25) is 5.02 Å². The van der Waals surface area contributed by atoms with Gasteiger partial charge in [-0.1, -0.05) is 23.7 Å². The van der Waals surface area contributed by atoms with Crippen LogP contribution in [0.3, 0.4) is 0 Å². The van der Waals surface area contributed by atoms with Gasteiger partial charge in [-0.3, -0.25) is 4.79 Å². The minimum Gasteiger partial charge on any atom is -0.493 e. The van der Waals surface area contributed by atoms with Gasteiger partial charge in [-0.2, -0.15) is 0 Å². The van der Waals surface area contributed by atoms with Crippen LogP contribution in [0.25, 0.3) is 0 Å². The highest BCUT2D eigenvalue weighted by Crippen LogP contribution is 2.49. The minimum atomic E-state index is -0.482. The maximum Gasteiger partial charge on any atom is 0.235 e. The molecule has 1 aliphatic carbocycles. The molecule has 0 aliphatic heterocycles. The van der Waals surface area contributed by atoms with Gasteiger partial charge in [0.05, 0.1) is 19.6 Å². The van der Waals surface area contributed by atoms with Crippen molar-refractivity contribution in [1.82, 2.24) is 0 Å². The maximum absolute atomic E-state index is 12.9. The van der Waals surface area contributed by atoms with Crippen LogP contribution in [0.15, 0.2) is 36.4 Å². The highest BCUT2D eigenvalue weighted by Gasteiger charge is 2.51. The number of amides is 1. The zero-order valence-electron chi connectivity index (χ0n) is 14.0. The van der Waals surface area contributed by atoms with Crippen LogP contribution < -0.4 is 14.8 Å². The third-order valence-corrected chi connectivity index (χ3v) is 4.78. The van der Waals surface area contributed by atoms with E-state index in [1.54, 1.807) is 20.3 Å². The van der Waals surface area contributed by atoms with E-state index in [1.807, 2.05) is 37.3 Å². The van der Waals surface area contributed by atoms with E-state index in [2.05, 4.69) is 5.32 Å². The van der Waals surface area contributed by atoms with E-state index in [9.17, 15) is 4.79 Å². The van der Waals surface area contributed by atoms with Gasteiger partial charge >= 0.3 is 0 Å². The molecule has 2 aromatic rings. The fraction of sp³-hybridized carbons (Fsp3) is 0.316. The van der Waals surface area contributed by atoms with Crippen LogP contribution in [0, 0.1) is 6.92 Å². The third kappa shape index (κ3) is 2.94. The van der Waals surface area contributed by atoms with Gasteiger partial charge in [0.1, 0.15) is 0 Å². The highest BCUT2D eigenvalue weighted by atomic mass is 35.5. The number of anilines is 1. The Bertz CT molecular complexity index is 784. The number of methoxy groups -OCH3 is 2. The van der Waals surface area contributed by atoms with Crippen molar-refractivity contribution in [3.8, 4) is 11.5 Å². The number of hydrogen-bond donors (Lipinski definition) is 1. The van der Waals surface area contributed by atoms with E-state index < -0.39 is 5.41 Å². The van der Waals surface area contributed by atoms with Crippen molar-refractivity contribution in [2.45, 2.75) is 25.2 Å². The summed E-state index contributed by atoms with van der Waals surface area (Å²) in [6.45, 7) is 1.93. The number of carbonyl (C=O) groups excluding carboxylic acids is 1. The van der Waals surface area contributed by atoms with Crippen molar-refractivity contribution in [2.24, 2.45) is 0 Å². The Hall–Kier alpha value is -2.20. The number of ether oxygens (including phenoxy) is 2. The van der Waals surface area contributed by atoms with Crippen molar-refractivity contribution >= 4 is 23.2 Å². The molecule has 2 aromatic carbocycles. The lowest BCUT2D eigenvalue weighted by Gasteiger charge is -2.18. The average Bonchev–Trinajstić information content (AvgIpc) is 3.38. The predicted octanol–water partition coefficient (Wildman–Crippen LogP) is 4.34. The number of rotatable bonds is 5. The van der Waals surface area contributed by atoms with Gasteiger partial charge in [-0.05, 0) is 49.1 Å². The summed E-state index contributed by atoms with van der Waals surface area (Å²) < 4.78 is 10.6. The predicted molar refractivity (Wildman–Crippen MR) is 95.3 cm³/mol. The second-order valence-electron chi connectivity index (χ2n) is 6.07. The second-order valence-corrected chi connectivity index (χ2v) is 6.51. The molecular formula is C19H20ClNO3. The van der Waals surface area contributed by atoms with Crippen molar-refractivity contribution < 1.29 is 14.3 Å². The van der Waals surface area contributed by atoms with E-state index in [0.29, 0.717) is 16.5 Å². The Morgan fingerprint density at radius 2 is 1.79 bits per heavy atom. The van der Waals surface area contributed by atoms with Gasteiger partial charge in [-0.25, -0.2) is 0 Å². The van der Waals surface area contributed by atoms with Crippen molar-refractivity contribution in [3.63, 3.8) is 0 Å². The van der Waals surface area contributed by atoms with Gasteiger partial charge in [0.2, 0.25) is 5.91 Å². The van der Waals surface area contributed by atoms with Crippen LogP contribution in [0.5, 0.6) is 11.5 Å². The SMILES string of the molecule is COc1cc(C)c(NC(=O)C2(c3cccc(Cl)c3)CC2)cc1OC. The smallest absolute Gasteiger partial charge is 0.235 e. The van der Waals surface area contributed by atoms with E-state index >= 15 is 0 Å². The molecule has 0 bridgehead atoms. The average molecular weight is 346 g/mol. The van der Waals surface area contributed by atoms with Crippen LogP contribution in [-0.4, -0.2) is 20.1 Å². The Morgan fingerprint density at radius 1 is 1.12 bits per heavy atom. The van der Waals surface area contributed by atoms with Gasteiger partial charge < -0.3 is 14.8 Å².